The van der Waals surface area contributed by atoms with Gasteiger partial charge in [0.15, 0.2) is 0 Å². The Kier molecular flexibility index (Phi) is 29.3. The molecule has 0 heterocycles. The number of likely N-dealkylation sites (N-methyl/N-ethyl adjacent to an activating group) is 2. The molecule has 1 aromatic carbocycles. The van der Waals surface area contributed by atoms with Crippen LogP contribution in [0.1, 0.15) is 144 Å². The molecule has 0 radical (unpaired) electrons. The molecule has 9 nitrogen and oxygen atoms in total. The number of ether oxygens (including phenoxy) is 4. The number of hydrogen-bond acceptors (Lipinski definition) is 9. The molecule has 0 atom stereocenters. The van der Waals surface area contributed by atoms with E-state index in [0.717, 1.165) is 51.9 Å². The third-order valence-electron chi connectivity index (χ3n) is 9.53. The lowest BCUT2D eigenvalue weighted by molar-refractivity contribution is -0.143. The van der Waals surface area contributed by atoms with Crippen LogP contribution in [0.25, 0.3) is 0 Å². The molecule has 0 amide bonds. The second-order valence-corrected chi connectivity index (χ2v) is 13.7. The van der Waals surface area contributed by atoms with Crippen molar-refractivity contribution in [3.8, 4) is 11.5 Å². The molecule has 51 heavy (non-hydrogen) atoms. The van der Waals surface area contributed by atoms with Gasteiger partial charge < -0.3 is 33.6 Å². The lowest BCUT2D eigenvalue weighted by atomic mass is 10.1. The minimum Gasteiger partial charge on any atom is -0.493 e. The van der Waals surface area contributed by atoms with E-state index in [1.165, 1.54) is 77.0 Å². The third kappa shape index (κ3) is 24.4. The number of rotatable bonds is 35. The van der Waals surface area contributed by atoms with Crippen LogP contribution in [0.15, 0.2) is 18.2 Å². The number of unbranched alkanes of at least 4 members (excludes halogenated alkanes) is 14. The average Bonchev–Trinajstić information content (AvgIpc) is 3.13. The predicted octanol–water partition coefficient (Wildman–Crippen LogP) is 9.30. The smallest absolute Gasteiger partial charge is 0.325 e. The number of carbonyl (C=O) groups excluding carboxylic acids is 2. The topological polar surface area (TPSA) is 80.8 Å². The molecule has 0 N–H and O–H groups in total. The van der Waals surface area contributed by atoms with Crippen molar-refractivity contribution in [2.24, 2.45) is 0 Å². The first kappa shape index (κ1) is 46.5. The first-order chi connectivity index (χ1) is 24.9. The van der Waals surface area contributed by atoms with Crippen molar-refractivity contribution in [1.82, 2.24) is 9.80 Å². The highest BCUT2D eigenvalue weighted by Gasteiger charge is 2.20. The quantitative estimate of drug-likeness (QED) is 0.0504. The summed E-state index contributed by atoms with van der Waals surface area (Å²) >= 11 is 0. The van der Waals surface area contributed by atoms with Crippen molar-refractivity contribution in [1.29, 1.82) is 0 Å². The Morgan fingerprint density at radius 1 is 0.471 bits per heavy atom. The van der Waals surface area contributed by atoms with Crippen LogP contribution >= 0.6 is 0 Å². The highest BCUT2D eigenvalue weighted by molar-refractivity contribution is 5.82. The number of nitrogens with zero attached hydrogens (tertiary/aromatic N) is 3. The van der Waals surface area contributed by atoms with Crippen molar-refractivity contribution in [2.45, 2.75) is 144 Å². The first-order valence-electron chi connectivity index (χ1n) is 20.8. The van der Waals surface area contributed by atoms with Crippen LogP contribution in [0.3, 0.4) is 0 Å². The molecule has 0 aliphatic rings. The Balaban J connectivity index is 3.03. The first-order valence-corrected chi connectivity index (χ1v) is 20.8. The lowest BCUT2D eigenvalue weighted by Gasteiger charge is -2.25. The molecule has 0 aromatic heterocycles. The van der Waals surface area contributed by atoms with E-state index in [1.807, 2.05) is 18.2 Å². The highest BCUT2D eigenvalue weighted by atomic mass is 16.5. The normalized spacial score (nSPS) is 11.3. The summed E-state index contributed by atoms with van der Waals surface area (Å²) in [6, 6.07) is 5.74. The maximum Gasteiger partial charge on any atom is 0.325 e. The molecule has 0 fully saturated rings. The second kappa shape index (κ2) is 32.2. The van der Waals surface area contributed by atoms with E-state index in [1.54, 1.807) is 4.90 Å². The molecular formula is C42H77N3O6. The molecule has 1 aromatic rings. The fraction of sp³-hybridized carbons (Fsp3) is 0.810. The monoisotopic (exact) mass is 720 g/mol. The van der Waals surface area contributed by atoms with Crippen LogP contribution < -0.4 is 14.4 Å². The molecule has 0 spiro atoms. The Morgan fingerprint density at radius 2 is 0.824 bits per heavy atom. The van der Waals surface area contributed by atoms with Gasteiger partial charge in [-0.3, -0.25) is 9.59 Å². The summed E-state index contributed by atoms with van der Waals surface area (Å²) in [5.41, 5.74) is 0.677. The summed E-state index contributed by atoms with van der Waals surface area (Å²) in [4.78, 5) is 32.4. The van der Waals surface area contributed by atoms with Crippen molar-refractivity contribution in [2.75, 3.05) is 83.7 Å². The van der Waals surface area contributed by atoms with Gasteiger partial charge >= 0.3 is 11.9 Å². The summed E-state index contributed by atoms with van der Waals surface area (Å²) in [6.45, 7) is 19.5. The van der Waals surface area contributed by atoms with E-state index in [4.69, 9.17) is 18.9 Å². The molecular weight excluding hydrogens is 642 g/mol. The standard InChI is InChI=1S/C42H77N3O6/c1-7-13-15-17-19-21-23-25-29-48-39-33-38(34-40(35-39)49-30-26-24-22-20-18-16-14-8-2)45(36-41(46)50-31-27-43(9-3)10-4)37-42(47)51-32-28-44(11-5)12-6/h33-35H,7-32,36-37H2,1-6H3. The van der Waals surface area contributed by atoms with E-state index in [9.17, 15) is 9.59 Å². The van der Waals surface area contributed by atoms with E-state index < -0.39 is 0 Å². The number of hydrogen-bond donors (Lipinski definition) is 0. The van der Waals surface area contributed by atoms with Crippen LogP contribution in [0.2, 0.25) is 0 Å². The molecule has 296 valence electrons. The average molecular weight is 720 g/mol. The third-order valence-corrected chi connectivity index (χ3v) is 9.53. The molecule has 1 rings (SSSR count). The molecule has 0 bridgehead atoms. The van der Waals surface area contributed by atoms with Gasteiger partial charge in [-0.2, -0.15) is 0 Å². The van der Waals surface area contributed by atoms with E-state index in [0.29, 0.717) is 56.7 Å². The summed E-state index contributed by atoms with van der Waals surface area (Å²) in [7, 11) is 0. The molecule has 0 saturated carbocycles. The summed E-state index contributed by atoms with van der Waals surface area (Å²) in [6.07, 6.45) is 19.7. The zero-order valence-electron chi connectivity index (χ0n) is 33.8. The van der Waals surface area contributed by atoms with Gasteiger partial charge in [-0.05, 0) is 39.0 Å². The number of carbonyl (C=O) groups is 2. The van der Waals surface area contributed by atoms with Crippen LogP contribution in [0.5, 0.6) is 11.5 Å². The fourth-order valence-electron chi connectivity index (χ4n) is 6.06. The van der Waals surface area contributed by atoms with E-state index in [-0.39, 0.29) is 25.0 Å². The molecule has 0 aliphatic heterocycles. The van der Waals surface area contributed by atoms with Crippen molar-refractivity contribution in [3.05, 3.63) is 18.2 Å². The zero-order chi connectivity index (χ0) is 37.4. The van der Waals surface area contributed by atoms with Gasteiger partial charge in [0.2, 0.25) is 0 Å². The predicted molar refractivity (Wildman–Crippen MR) is 212 cm³/mol. The highest BCUT2D eigenvalue weighted by Crippen LogP contribution is 2.30. The van der Waals surface area contributed by atoms with Gasteiger partial charge in [0, 0.05) is 37.0 Å². The van der Waals surface area contributed by atoms with E-state index in [2.05, 4.69) is 51.3 Å². The molecule has 0 unspecified atom stereocenters. The van der Waals surface area contributed by atoms with Gasteiger partial charge in [-0.25, -0.2) is 0 Å². The number of anilines is 1. The van der Waals surface area contributed by atoms with E-state index >= 15 is 0 Å². The summed E-state index contributed by atoms with van der Waals surface area (Å²) in [5, 5.41) is 0. The van der Waals surface area contributed by atoms with Crippen LogP contribution in [-0.2, 0) is 19.1 Å². The SMILES string of the molecule is CCCCCCCCCCOc1cc(OCCCCCCCCCC)cc(N(CC(=O)OCCN(CC)CC)CC(=O)OCCN(CC)CC)c1. The van der Waals surface area contributed by atoms with Gasteiger partial charge in [0.05, 0.1) is 13.2 Å². The number of esters is 2. The van der Waals surface area contributed by atoms with Crippen molar-refractivity contribution in [3.63, 3.8) is 0 Å². The van der Waals surface area contributed by atoms with Gasteiger partial charge in [-0.15, -0.1) is 0 Å². The van der Waals surface area contributed by atoms with Gasteiger partial charge in [0.25, 0.3) is 0 Å². The molecule has 0 saturated heterocycles. The van der Waals surface area contributed by atoms with Gasteiger partial charge in [0.1, 0.15) is 37.8 Å². The van der Waals surface area contributed by atoms with Crippen molar-refractivity contribution >= 4 is 17.6 Å². The Labute approximate surface area is 313 Å². The van der Waals surface area contributed by atoms with Crippen molar-refractivity contribution < 1.29 is 28.5 Å². The van der Waals surface area contributed by atoms with Crippen LogP contribution in [0, 0.1) is 0 Å². The molecule has 9 heteroatoms. The molecule has 0 aliphatic carbocycles. The van der Waals surface area contributed by atoms with Crippen LogP contribution in [0.4, 0.5) is 5.69 Å². The Morgan fingerprint density at radius 3 is 1.18 bits per heavy atom. The second-order valence-electron chi connectivity index (χ2n) is 13.7. The Hall–Kier alpha value is -2.52. The minimum absolute atomic E-state index is 0.0810. The maximum atomic E-state index is 13.1. The fourth-order valence-corrected chi connectivity index (χ4v) is 6.06. The van der Waals surface area contributed by atoms with Gasteiger partial charge in [-0.1, -0.05) is 131 Å². The zero-order valence-corrected chi connectivity index (χ0v) is 33.8. The minimum atomic E-state index is -0.384. The maximum absolute atomic E-state index is 13.1. The summed E-state index contributed by atoms with van der Waals surface area (Å²) < 4.78 is 23.8. The largest absolute Gasteiger partial charge is 0.493 e. The number of benzene rings is 1. The van der Waals surface area contributed by atoms with Crippen LogP contribution in [-0.4, -0.2) is 101 Å². The Bertz CT molecular complexity index is 913. The lowest BCUT2D eigenvalue weighted by Crippen LogP contribution is -2.38. The summed E-state index contributed by atoms with van der Waals surface area (Å²) in [5.74, 6) is 0.585.